The van der Waals surface area contributed by atoms with E-state index in [1.54, 1.807) is 0 Å². The van der Waals surface area contributed by atoms with Crippen molar-refractivity contribution >= 4 is 16.8 Å². The van der Waals surface area contributed by atoms with Crippen molar-refractivity contribution < 1.29 is 19.4 Å². The summed E-state index contributed by atoms with van der Waals surface area (Å²) in [5.74, 6) is 2.37. The molecule has 5 aliphatic rings. The van der Waals surface area contributed by atoms with Crippen molar-refractivity contribution in [1.82, 2.24) is 15.5 Å². The third-order valence-electron chi connectivity index (χ3n) is 13.3. The van der Waals surface area contributed by atoms with Gasteiger partial charge in [0, 0.05) is 36.7 Å². The van der Waals surface area contributed by atoms with Crippen molar-refractivity contribution in [3.63, 3.8) is 0 Å². The molecule has 4 aliphatic carbocycles. The average molecular weight is 750 g/mol. The summed E-state index contributed by atoms with van der Waals surface area (Å²) in [7, 11) is 2.17. The van der Waals surface area contributed by atoms with Gasteiger partial charge < -0.3 is 25.2 Å². The second-order valence-corrected chi connectivity index (χ2v) is 17.4. The molecule has 0 radical (unpaired) electrons. The van der Waals surface area contributed by atoms with Crippen molar-refractivity contribution in [3.8, 4) is 11.1 Å². The summed E-state index contributed by atoms with van der Waals surface area (Å²) in [6, 6.07) is 40.4. The Morgan fingerprint density at radius 1 is 0.750 bits per heavy atom. The molecule has 290 valence electrons. The molecule has 7 heteroatoms. The van der Waals surface area contributed by atoms with Gasteiger partial charge in [-0.2, -0.15) is 0 Å². The zero-order chi connectivity index (χ0) is 38.2. The number of urea groups is 1. The highest BCUT2D eigenvalue weighted by Crippen LogP contribution is 2.55. The smallest absolute Gasteiger partial charge is 0.315 e. The van der Waals surface area contributed by atoms with Gasteiger partial charge in [-0.05, 0) is 133 Å². The fraction of sp³-hybridized carbons (Fsp3) is 0.408. The van der Waals surface area contributed by atoms with Gasteiger partial charge in [-0.1, -0.05) is 97.1 Å². The number of likely N-dealkylation sites (N-methyl/N-ethyl adjacent to an activating group) is 1. The Labute approximate surface area is 331 Å². The van der Waals surface area contributed by atoms with Gasteiger partial charge in [0.15, 0.2) is 6.29 Å². The van der Waals surface area contributed by atoms with Gasteiger partial charge in [0.05, 0.1) is 18.8 Å². The second-order valence-electron chi connectivity index (χ2n) is 17.4. The van der Waals surface area contributed by atoms with E-state index in [4.69, 9.17) is 9.47 Å². The number of nitrogens with zero attached hydrogens (tertiary/aromatic N) is 1. The predicted molar refractivity (Wildman–Crippen MR) is 222 cm³/mol. The fourth-order valence-corrected chi connectivity index (χ4v) is 10.7. The van der Waals surface area contributed by atoms with Crippen LogP contribution in [0.1, 0.15) is 98.1 Å². The van der Waals surface area contributed by atoms with E-state index in [1.807, 2.05) is 12.1 Å². The molecular formula is C49H55N3O4. The maximum atomic E-state index is 13.2. The molecule has 7 nitrogen and oxygen atoms in total. The van der Waals surface area contributed by atoms with Crippen molar-refractivity contribution in [2.75, 3.05) is 13.6 Å². The molecule has 1 aliphatic heterocycles. The first-order valence-corrected chi connectivity index (χ1v) is 20.7. The van der Waals surface area contributed by atoms with Crippen LogP contribution in [0.15, 0.2) is 115 Å². The predicted octanol–water partition coefficient (Wildman–Crippen LogP) is 10.0. The lowest BCUT2D eigenvalue weighted by Gasteiger charge is -2.56. The lowest BCUT2D eigenvalue weighted by atomic mass is 9.53. The van der Waals surface area contributed by atoms with Crippen LogP contribution in [0.5, 0.6) is 0 Å². The van der Waals surface area contributed by atoms with E-state index in [0.717, 1.165) is 83.4 Å². The number of amides is 2. The average Bonchev–Trinajstić information content (AvgIpc) is 3.22. The van der Waals surface area contributed by atoms with E-state index in [0.29, 0.717) is 6.54 Å². The van der Waals surface area contributed by atoms with E-state index < -0.39 is 6.29 Å². The Kier molecular flexibility index (Phi) is 10.4. The molecule has 0 spiro atoms. The molecule has 56 heavy (non-hydrogen) atoms. The first-order valence-electron chi connectivity index (χ1n) is 20.7. The third kappa shape index (κ3) is 8.01. The van der Waals surface area contributed by atoms with Crippen LogP contribution in [-0.4, -0.2) is 41.3 Å². The SMILES string of the molecule is CC(c1ccc2ccccc2c1)N(C)CC1CC(c2ccc(CO)cc2)OC(c2cccc(-c3cccc(CNC(=O)NC45CC6CC(CC(C6)C4)C5)c3)c2)O1. The largest absolute Gasteiger partial charge is 0.392 e. The van der Waals surface area contributed by atoms with Crippen molar-refractivity contribution in [3.05, 3.63) is 143 Å². The van der Waals surface area contributed by atoms with Crippen LogP contribution in [0.4, 0.5) is 4.79 Å². The summed E-state index contributed by atoms with van der Waals surface area (Å²) >= 11 is 0. The standard InChI is InChI=1S/C49H55N3O4/c1-32(40-18-17-38-8-3-4-9-42(38)23-40)52(2)30-45-25-46(39-15-13-33(31-53)14-16-39)56-47(55-45)44-12-6-11-43(24-44)41-10-5-7-34(22-41)29-50-48(54)51-49-26-35-19-36(27-49)21-37(20-35)28-49/h3-18,22-24,32,35-37,45-47,53H,19-21,25-31H2,1-2H3,(H2,50,51,54). The molecular weight excluding hydrogens is 695 g/mol. The number of benzene rings is 5. The topological polar surface area (TPSA) is 83.1 Å². The first-order chi connectivity index (χ1) is 27.3. The molecule has 2 amide bonds. The normalized spacial score (nSPS) is 27.4. The fourth-order valence-electron chi connectivity index (χ4n) is 10.7. The summed E-state index contributed by atoms with van der Waals surface area (Å²) in [5.41, 5.74) is 7.42. The second kappa shape index (κ2) is 15.8. The van der Waals surface area contributed by atoms with Crippen LogP contribution in [-0.2, 0) is 22.6 Å². The molecule has 4 atom stereocenters. The number of carbonyl (C=O) groups is 1. The zero-order valence-corrected chi connectivity index (χ0v) is 32.7. The number of aliphatic hydroxyl groups excluding tert-OH is 1. The highest BCUT2D eigenvalue weighted by Gasteiger charge is 2.51. The number of aliphatic hydroxyl groups is 1. The Hall–Kier alpha value is -4.53. The minimum absolute atomic E-state index is 0.00380. The number of nitrogens with one attached hydrogen (secondary N) is 2. The quantitative estimate of drug-likeness (QED) is 0.125. The van der Waals surface area contributed by atoms with Gasteiger partial charge in [-0.15, -0.1) is 0 Å². The molecule has 10 rings (SSSR count). The number of hydrogen-bond donors (Lipinski definition) is 3. The first kappa shape index (κ1) is 37.1. The van der Waals surface area contributed by atoms with Crippen LogP contribution >= 0.6 is 0 Å². The number of carbonyl (C=O) groups excluding carboxylic acids is 1. The van der Waals surface area contributed by atoms with E-state index in [1.165, 1.54) is 35.6 Å². The van der Waals surface area contributed by atoms with Crippen LogP contribution in [0.2, 0.25) is 0 Å². The van der Waals surface area contributed by atoms with Gasteiger partial charge in [0.25, 0.3) is 0 Å². The molecule has 4 saturated carbocycles. The maximum absolute atomic E-state index is 13.2. The Bertz CT molecular complexity index is 2130. The van der Waals surface area contributed by atoms with Crippen molar-refractivity contribution in [1.29, 1.82) is 0 Å². The van der Waals surface area contributed by atoms with Gasteiger partial charge in [-0.3, -0.25) is 4.90 Å². The highest BCUT2D eigenvalue weighted by atomic mass is 16.7. The number of fused-ring (bicyclic) bond motifs is 1. The molecule has 0 aromatic heterocycles. The number of hydrogen-bond acceptors (Lipinski definition) is 5. The maximum Gasteiger partial charge on any atom is 0.315 e. The summed E-state index contributed by atoms with van der Waals surface area (Å²) < 4.78 is 13.6. The molecule has 4 bridgehead atoms. The molecule has 5 aromatic rings. The monoisotopic (exact) mass is 749 g/mol. The molecule has 4 unspecified atom stereocenters. The van der Waals surface area contributed by atoms with Gasteiger partial charge >= 0.3 is 6.03 Å². The third-order valence-corrected chi connectivity index (χ3v) is 13.3. The van der Waals surface area contributed by atoms with E-state index in [-0.39, 0.29) is 36.4 Å². The molecule has 5 aromatic carbocycles. The van der Waals surface area contributed by atoms with Crippen LogP contribution < -0.4 is 10.6 Å². The minimum atomic E-state index is -0.557. The number of ether oxygens (including phenoxy) is 2. The number of rotatable bonds is 11. The Morgan fingerprint density at radius 2 is 1.45 bits per heavy atom. The lowest BCUT2D eigenvalue weighted by molar-refractivity contribution is -0.253. The van der Waals surface area contributed by atoms with E-state index >= 15 is 0 Å². The highest BCUT2D eigenvalue weighted by molar-refractivity contribution is 5.83. The Balaban J connectivity index is 0.896. The lowest BCUT2D eigenvalue weighted by Crippen LogP contribution is -2.61. The summed E-state index contributed by atoms with van der Waals surface area (Å²) in [5, 5.41) is 18.8. The minimum Gasteiger partial charge on any atom is -0.392 e. The summed E-state index contributed by atoms with van der Waals surface area (Å²) in [6.07, 6.45) is 7.43. The van der Waals surface area contributed by atoms with Gasteiger partial charge in [0.1, 0.15) is 0 Å². The molecule has 1 heterocycles. The van der Waals surface area contributed by atoms with Crippen LogP contribution in [0, 0.1) is 17.8 Å². The zero-order valence-electron chi connectivity index (χ0n) is 32.7. The van der Waals surface area contributed by atoms with Crippen LogP contribution in [0.25, 0.3) is 21.9 Å². The van der Waals surface area contributed by atoms with Crippen molar-refractivity contribution in [2.24, 2.45) is 17.8 Å². The summed E-state index contributed by atoms with van der Waals surface area (Å²) in [6.45, 7) is 3.49. The molecule has 5 fully saturated rings. The molecule has 3 N–H and O–H groups in total. The van der Waals surface area contributed by atoms with Gasteiger partial charge in [0.2, 0.25) is 0 Å². The van der Waals surface area contributed by atoms with Crippen LogP contribution in [0.3, 0.4) is 0 Å². The van der Waals surface area contributed by atoms with Crippen molar-refractivity contribution in [2.45, 2.75) is 95.1 Å². The van der Waals surface area contributed by atoms with E-state index in [9.17, 15) is 9.90 Å². The van der Waals surface area contributed by atoms with Gasteiger partial charge in [-0.25, -0.2) is 4.79 Å². The summed E-state index contributed by atoms with van der Waals surface area (Å²) in [4.78, 5) is 15.6. The van der Waals surface area contributed by atoms with E-state index in [2.05, 4.69) is 133 Å². The Morgan fingerprint density at radius 3 is 2.18 bits per heavy atom. The molecule has 1 saturated heterocycles.